The third-order valence-electron chi connectivity index (χ3n) is 2.34. The standard InChI is InChI=1S/C10H12FNO/c11-10-7(3-1-4-8(10)12)9-5-2-6-13-9/h1,3-4,9H,2,5-6,12H2. The Morgan fingerprint density at radius 3 is 3.00 bits per heavy atom. The van der Waals surface area contributed by atoms with Gasteiger partial charge in [0.25, 0.3) is 0 Å². The van der Waals surface area contributed by atoms with Crippen LogP contribution in [0.5, 0.6) is 0 Å². The Balaban J connectivity index is 2.33. The summed E-state index contributed by atoms with van der Waals surface area (Å²) in [5.74, 6) is -0.325. The van der Waals surface area contributed by atoms with Crippen LogP contribution in [0.1, 0.15) is 24.5 Å². The quantitative estimate of drug-likeness (QED) is 0.674. The highest BCUT2D eigenvalue weighted by atomic mass is 19.1. The summed E-state index contributed by atoms with van der Waals surface area (Å²) in [6, 6.07) is 5.06. The Morgan fingerprint density at radius 1 is 1.46 bits per heavy atom. The van der Waals surface area contributed by atoms with E-state index in [1.54, 1.807) is 18.2 Å². The molecule has 2 nitrogen and oxygen atoms in total. The molecule has 0 saturated carbocycles. The molecule has 0 bridgehead atoms. The molecule has 1 atom stereocenters. The fraction of sp³-hybridized carbons (Fsp3) is 0.400. The van der Waals surface area contributed by atoms with Gasteiger partial charge in [0, 0.05) is 12.2 Å². The maximum Gasteiger partial charge on any atom is 0.151 e. The number of hydrogen-bond acceptors (Lipinski definition) is 2. The number of nitrogen functional groups attached to an aromatic ring is 1. The van der Waals surface area contributed by atoms with Crippen molar-refractivity contribution in [2.75, 3.05) is 12.3 Å². The van der Waals surface area contributed by atoms with Crippen LogP contribution in [0.3, 0.4) is 0 Å². The lowest BCUT2D eigenvalue weighted by atomic mass is 10.1. The van der Waals surface area contributed by atoms with E-state index in [2.05, 4.69) is 0 Å². The highest BCUT2D eigenvalue weighted by Gasteiger charge is 2.21. The Hall–Kier alpha value is -1.09. The fourth-order valence-corrected chi connectivity index (χ4v) is 1.64. The predicted octanol–water partition coefficient (Wildman–Crippen LogP) is 2.26. The molecule has 70 valence electrons. The third kappa shape index (κ3) is 1.52. The van der Waals surface area contributed by atoms with Crippen molar-refractivity contribution < 1.29 is 9.13 Å². The molecule has 0 amide bonds. The topological polar surface area (TPSA) is 35.2 Å². The molecule has 1 aromatic rings. The van der Waals surface area contributed by atoms with Crippen LogP contribution in [-0.2, 0) is 4.74 Å². The lowest BCUT2D eigenvalue weighted by Gasteiger charge is -2.11. The van der Waals surface area contributed by atoms with Crippen LogP contribution in [0.4, 0.5) is 10.1 Å². The second-order valence-electron chi connectivity index (χ2n) is 3.25. The molecule has 2 N–H and O–H groups in total. The lowest BCUT2D eigenvalue weighted by Crippen LogP contribution is -2.02. The van der Waals surface area contributed by atoms with Crippen LogP contribution in [0.15, 0.2) is 18.2 Å². The molecule has 0 radical (unpaired) electrons. The summed E-state index contributed by atoms with van der Waals surface area (Å²) in [5, 5.41) is 0. The van der Waals surface area contributed by atoms with Crippen molar-refractivity contribution in [1.29, 1.82) is 0 Å². The van der Waals surface area contributed by atoms with Gasteiger partial charge in [0.1, 0.15) is 0 Å². The second kappa shape index (κ2) is 3.34. The SMILES string of the molecule is Nc1cccc(C2CCCO2)c1F. The van der Waals surface area contributed by atoms with Crippen molar-refractivity contribution in [3.8, 4) is 0 Å². The molecular weight excluding hydrogens is 169 g/mol. The van der Waals surface area contributed by atoms with Crippen molar-refractivity contribution in [3.63, 3.8) is 0 Å². The number of ether oxygens (including phenoxy) is 1. The zero-order chi connectivity index (χ0) is 9.26. The Bertz CT molecular complexity index is 308. The van der Waals surface area contributed by atoms with Gasteiger partial charge in [0.2, 0.25) is 0 Å². The van der Waals surface area contributed by atoms with Gasteiger partial charge < -0.3 is 10.5 Å². The van der Waals surface area contributed by atoms with Crippen LogP contribution >= 0.6 is 0 Å². The summed E-state index contributed by atoms with van der Waals surface area (Å²) in [7, 11) is 0. The molecule has 1 aliphatic rings. The summed E-state index contributed by atoms with van der Waals surface area (Å²) in [4.78, 5) is 0. The van der Waals surface area contributed by atoms with Crippen molar-refractivity contribution in [1.82, 2.24) is 0 Å². The maximum absolute atomic E-state index is 13.4. The van der Waals surface area contributed by atoms with E-state index in [1.807, 2.05) is 0 Å². The predicted molar refractivity (Wildman–Crippen MR) is 48.7 cm³/mol. The minimum absolute atomic E-state index is 0.0940. The summed E-state index contributed by atoms with van der Waals surface area (Å²) in [6.45, 7) is 0.721. The van der Waals surface area contributed by atoms with Crippen molar-refractivity contribution in [2.24, 2.45) is 0 Å². The van der Waals surface area contributed by atoms with Gasteiger partial charge in [-0.25, -0.2) is 4.39 Å². The number of anilines is 1. The van der Waals surface area contributed by atoms with E-state index in [4.69, 9.17) is 10.5 Å². The first-order valence-electron chi connectivity index (χ1n) is 4.44. The molecule has 1 aliphatic heterocycles. The monoisotopic (exact) mass is 181 g/mol. The number of benzene rings is 1. The first-order valence-corrected chi connectivity index (χ1v) is 4.44. The summed E-state index contributed by atoms with van der Waals surface area (Å²) < 4.78 is 18.8. The smallest absolute Gasteiger partial charge is 0.151 e. The van der Waals surface area contributed by atoms with E-state index in [1.165, 1.54) is 0 Å². The average Bonchev–Trinajstić information content (AvgIpc) is 2.62. The van der Waals surface area contributed by atoms with Crippen LogP contribution in [0.2, 0.25) is 0 Å². The van der Waals surface area contributed by atoms with Gasteiger partial charge in [0.15, 0.2) is 5.82 Å². The molecule has 1 fully saturated rings. The Kier molecular flexibility index (Phi) is 2.19. The van der Waals surface area contributed by atoms with E-state index < -0.39 is 0 Å². The number of halogens is 1. The highest BCUT2D eigenvalue weighted by molar-refractivity contribution is 5.43. The first kappa shape index (κ1) is 8.51. The molecule has 2 rings (SSSR count). The first-order chi connectivity index (χ1) is 6.29. The van der Waals surface area contributed by atoms with Crippen molar-refractivity contribution >= 4 is 5.69 Å². The normalized spacial score (nSPS) is 22.1. The van der Waals surface area contributed by atoms with E-state index in [9.17, 15) is 4.39 Å². The molecule has 1 unspecified atom stereocenters. The average molecular weight is 181 g/mol. The molecule has 1 saturated heterocycles. The molecule has 0 spiro atoms. The highest BCUT2D eigenvalue weighted by Crippen LogP contribution is 2.31. The molecule has 1 heterocycles. The van der Waals surface area contributed by atoms with E-state index in [0.717, 1.165) is 19.4 Å². The lowest BCUT2D eigenvalue weighted by molar-refractivity contribution is 0.109. The van der Waals surface area contributed by atoms with Gasteiger partial charge in [-0.1, -0.05) is 12.1 Å². The second-order valence-corrected chi connectivity index (χ2v) is 3.25. The summed E-state index contributed by atoms with van der Waals surface area (Å²) >= 11 is 0. The van der Waals surface area contributed by atoms with Crippen LogP contribution < -0.4 is 5.73 Å². The van der Waals surface area contributed by atoms with Crippen LogP contribution in [0.25, 0.3) is 0 Å². The molecular formula is C10H12FNO. The zero-order valence-electron chi connectivity index (χ0n) is 7.29. The minimum Gasteiger partial charge on any atom is -0.396 e. The van der Waals surface area contributed by atoms with Gasteiger partial charge in [-0.15, -0.1) is 0 Å². The van der Waals surface area contributed by atoms with E-state index in [-0.39, 0.29) is 17.6 Å². The largest absolute Gasteiger partial charge is 0.396 e. The molecule has 3 heteroatoms. The zero-order valence-corrected chi connectivity index (χ0v) is 7.29. The summed E-state index contributed by atoms with van der Waals surface area (Å²) in [6.07, 6.45) is 1.79. The minimum atomic E-state index is -0.325. The van der Waals surface area contributed by atoms with Gasteiger partial charge in [-0.2, -0.15) is 0 Å². The van der Waals surface area contributed by atoms with Crippen LogP contribution in [0, 0.1) is 5.82 Å². The third-order valence-corrected chi connectivity index (χ3v) is 2.34. The van der Waals surface area contributed by atoms with Gasteiger partial charge in [-0.05, 0) is 18.9 Å². The molecule has 1 aromatic carbocycles. The number of nitrogens with two attached hydrogens (primary N) is 1. The Morgan fingerprint density at radius 2 is 2.31 bits per heavy atom. The van der Waals surface area contributed by atoms with Gasteiger partial charge in [-0.3, -0.25) is 0 Å². The number of rotatable bonds is 1. The fourth-order valence-electron chi connectivity index (χ4n) is 1.64. The Labute approximate surface area is 76.5 Å². The maximum atomic E-state index is 13.4. The van der Waals surface area contributed by atoms with Crippen molar-refractivity contribution in [3.05, 3.63) is 29.6 Å². The van der Waals surface area contributed by atoms with Gasteiger partial charge in [0.05, 0.1) is 11.8 Å². The van der Waals surface area contributed by atoms with E-state index >= 15 is 0 Å². The molecule has 0 aromatic heterocycles. The number of hydrogen-bond donors (Lipinski definition) is 1. The summed E-state index contributed by atoms with van der Waals surface area (Å²) in [5.41, 5.74) is 6.25. The van der Waals surface area contributed by atoms with Gasteiger partial charge >= 0.3 is 0 Å². The van der Waals surface area contributed by atoms with Crippen LogP contribution in [-0.4, -0.2) is 6.61 Å². The molecule has 0 aliphatic carbocycles. The van der Waals surface area contributed by atoms with E-state index in [0.29, 0.717) is 5.56 Å². The molecule has 13 heavy (non-hydrogen) atoms. The van der Waals surface area contributed by atoms with Crippen molar-refractivity contribution in [2.45, 2.75) is 18.9 Å².